The van der Waals surface area contributed by atoms with E-state index in [1.165, 1.54) is 0 Å². The fourth-order valence-electron chi connectivity index (χ4n) is 2.51. The Labute approximate surface area is 132 Å². The van der Waals surface area contributed by atoms with Crippen molar-refractivity contribution in [2.75, 3.05) is 6.54 Å². The molecular weight excluding hydrogens is 299 g/mol. The molecule has 2 heterocycles. The molecule has 3 atom stereocenters. The van der Waals surface area contributed by atoms with Crippen LogP contribution in [0.3, 0.4) is 0 Å². The Morgan fingerprint density at radius 2 is 2.20 bits per heavy atom. The smallest absolute Gasteiger partial charge is 0.222 e. The van der Waals surface area contributed by atoms with Crippen LogP contribution >= 0.6 is 24.8 Å². The first-order valence-corrected chi connectivity index (χ1v) is 6.67. The van der Waals surface area contributed by atoms with E-state index < -0.39 is 0 Å². The molecule has 5 nitrogen and oxygen atoms in total. The van der Waals surface area contributed by atoms with E-state index in [1.54, 1.807) is 10.9 Å². The molecule has 116 valence electrons. The van der Waals surface area contributed by atoms with Gasteiger partial charge in [0.2, 0.25) is 5.91 Å². The predicted molar refractivity (Wildman–Crippen MR) is 84.5 cm³/mol. The van der Waals surface area contributed by atoms with Crippen LogP contribution in [0.2, 0.25) is 0 Å². The van der Waals surface area contributed by atoms with Crippen LogP contribution in [0, 0.1) is 5.92 Å². The molecule has 1 saturated heterocycles. The van der Waals surface area contributed by atoms with E-state index >= 15 is 0 Å². The van der Waals surface area contributed by atoms with E-state index in [2.05, 4.69) is 29.6 Å². The molecule has 0 aromatic carbocycles. The number of nitrogens with one attached hydrogen (secondary N) is 2. The fraction of sp³-hybridized carbons (Fsp3) is 0.692. The Hall–Kier alpha value is -0.780. The minimum absolute atomic E-state index is 0. The third-order valence-electron chi connectivity index (χ3n) is 3.67. The molecule has 1 aliphatic rings. The molecule has 1 amide bonds. The number of piperidine rings is 1. The number of amides is 1. The number of nitrogens with zero attached hydrogens (tertiary/aromatic N) is 2. The zero-order chi connectivity index (χ0) is 13.0. The lowest BCUT2D eigenvalue weighted by Crippen LogP contribution is -2.56. The Morgan fingerprint density at radius 1 is 1.45 bits per heavy atom. The second-order valence-corrected chi connectivity index (χ2v) is 5.12. The summed E-state index contributed by atoms with van der Waals surface area (Å²) in [5.74, 6) is 0.646. The normalized spacial score (nSPS) is 25.2. The highest BCUT2D eigenvalue weighted by atomic mass is 35.5. The van der Waals surface area contributed by atoms with Crippen molar-refractivity contribution in [1.29, 1.82) is 0 Å². The van der Waals surface area contributed by atoms with E-state index in [0.717, 1.165) is 13.0 Å². The monoisotopic (exact) mass is 322 g/mol. The molecule has 1 aliphatic heterocycles. The molecular formula is C13H24Cl2N4O. The number of hydrogen-bond donors (Lipinski definition) is 2. The van der Waals surface area contributed by atoms with Crippen molar-refractivity contribution in [1.82, 2.24) is 20.4 Å². The van der Waals surface area contributed by atoms with E-state index in [1.807, 2.05) is 12.3 Å². The molecule has 20 heavy (non-hydrogen) atoms. The Kier molecular flexibility index (Phi) is 8.85. The van der Waals surface area contributed by atoms with Crippen molar-refractivity contribution < 1.29 is 4.79 Å². The van der Waals surface area contributed by atoms with E-state index in [4.69, 9.17) is 0 Å². The quantitative estimate of drug-likeness (QED) is 0.885. The summed E-state index contributed by atoms with van der Waals surface area (Å²) in [6, 6.07) is 2.46. The molecule has 0 radical (unpaired) electrons. The maximum absolute atomic E-state index is 11.9. The van der Waals surface area contributed by atoms with Gasteiger partial charge >= 0.3 is 0 Å². The summed E-state index contributed by atoms with van der Waals surface area (Å²) in [5.41, 5.74) is 0. The van der Waals surface area contributed by atoms with Crippen LogP contribution in [0.15, 0.2) is 18.5 Å². The van der Waals surface area contributed by atoms with Gasteiger partial charge in [-0.05, 0) is 31.9 Å². The van der Waals surface area contributed by atoms with Crippen LogP contribution in [-0.2, 0) is 11.3 Å². The van der Waals surface area contributed by atoms with Gasteiger partial charge in [0.15, 0.2) is 0 Å². The largest absolute Gasteiger partial charge is 0.351 e. The number of aryl methyl sites for hydroxylation is 1. The van der Waals surface area contributed by atoms with Gasteiger partial charge in [0.25, 0.3) is 0 Å². The number of hydrogen-bond acceptors (Lipinski definition) is 3. The lowest BCUT2D eigenvalue weighted by atomic mass is 9.89. The number of rotatable bonds is 4. The molecule has 1 aromatic rings. The highest BCUT2D eigenvalue weighted by molar-refractivity contribution is 5.85. The number of carbonyl (C=O) groups is 1. The molecule has 3 unspecified atom stereocenters. The number of carbonyl (C=O) groups excluding carboxylic acids is 1. The second-order valence-electron chi connectivity index (χ2n) is 5.12. The van der Waals surface area contributed by atoms with Crippen molar-refractivity contribution in [3.8, 4) is 0 Å². The summed E-state index contributed by atoms with van der Waals surface area (Å²) in [7, 11) is 0. The lowest BCUT2D eigenvalue weighted by molar-refractivity contribution is -0.122. The average Bonchev–Trinajstić information content (AvgIpc) is 2.84. The van der Waals surface area contributed by atoms with E-state index in [9.17, 15) is 4.79 Å². The molecule has 0 bridgehead atoms. The first-order chi connectivity index (χ1) is 8.66. The van der Waals surface area contributed by atoms with Crippen molar-refractivity contribution in [3.63, 3.8) is 0 Å². The third kappa shape index (κ3) is 5.31. The highest BCUT2D eigenvalue weighted by Gasteiger charge is 2.28. The molecule has 0 spiro atoms. The van der Waals surface area contributed by atoms with Crippen molar-refractivity contribution in [3.05, 3.63) is 18.5 Å². The van der Waals surface area contributed by atoms with Gasteiger partial charge in [-0.2, -0.15) is 5.10 Å². The van der Waals surface area contributed by atoms with Crippen molar-refractivity contribution >= 4 is 30.7 Å². The fourth-order valence-corrected chi connectivity index (χ4v) is 2.51. The zero-order valence-corrected chi connectivity index (χ0v) is 13.5. The molecule has 2 N–H and O–H groups in total. The van der Waals surface area contributed by atoms with Crippen LogP contribution in [0.4, 0.5) is 0 Å². The van der Waals surface area contributed by atoms with Gasteiger partial charge in [0.05, 0.1) is 0 Å². The third-order valence-corrected chi connectivity index (χ3v) is 3.67. The first kappa shape index (κ1) is 19.2. The summed E-state index contributed by atoms with van der Waals surface area (Å²) >= 11 is 0. The van der Waals surface area contributed by atoms with Gasteiger partial charge in [0, 0.05) is 37.4 Å². The molecule has 1 aromatic heterocycles. The van der Waals surface area contributed by atoms with Crippen LogP contribution in [0.5, 0.6) is 0 Å². The maximum atomic E-state index is 11.9. The van der Waals surface area contributed by atoms with Gasteiger partial charge < -0.3 is 10.6 Å². The van der Waals surface area contributed by atoms with Crippen LogP contribution in [-0.4, -0.2) is 34.3 Å². The summed E-state index contributed by atoms with van der Waals surface area (Å²) in [5, 5.41) is 10.6. The van der Waals surface area contributed by atoms with Crippen molar-refractivity contribution in [2.24, 2.45) is 5.92 Å². The Bertz CT molecular complexity index is 376. The van der Waals surface area contributed by atoms with Crippen LogP contribution in [0.1, 0.15) is 26.7 Å². The molecule has 1 fully saturated rings. The topological polar surface area (TPSA) is 58.9 Å². The Balaban J connectivity index is 0.00000180. The summed E-state index contributed by atoms with van der Waals surface area (Å²) in [6.07, 6.45) is 5.21. The van der Waals surface area contributed by atoms with Gasteiger partial charge in [-0.25, -0.2) is 0 Å². The van der Waals surface area contributed by atoms with Gasteiger partial charge in [-0.15, -0.1) is 24.8 Å². The minimum Gasteiger partial charge on any atom is -0.351 e. The first-order valence-electron chi connectivity index (χ1n) is 6.67. The van der Waals surface area contributed by atoms with Crippen molar-refractivity contribution in [2.45, 2.75) is 45.3 Å². The number of halogens is 2. The predicted octanol–water partition coefficient (Wildman–Crippen LogP) is 1.62. The minimum atomic E-state index is 0. The Morgan fingerprint density at radius 3 is 2.80 bits per heavy atom. The van der Waals surface area contributed by atoms with Crippen LogP contribution in [0.25, 0.3) is 0 Å². The zero-order valence-electron chi connectivity index (χ0n) is 11.9. The SMILES string of the molecule is CC1CCNC(C)C1NC(=O)CCn1cccn1.Cl.Cl. The summed E-state index contributed by atoms with van der Waals surface area (Å²) in [4.78, 5) is 11.9. The van der Waals surface area contributed by atoms with Crippen LogP contribution < -0.4 is 10.6 Å². The molecule has 0 saturated carbocycles. The average molecular weight is 323 g/mol. The molecule has 7 heteroatoms. The maximum Gasteiger partial charge on any atom is 0.222 e. The lowest BCUT2D eigenvalue weighted by Gasteiger charge is -2.36. The summed E-state index contributed by atoms with van der Waals surface area (Å²) in [6.45, 7) is 6.02. The highest BCUT2D eigenvalue weighted by Crippen LogP contribution is 2.16. The van der Waals surface area contributed by atoms with Gasteiger partial charge in [0.1, 0.15) is 0 Å². The summed E-state index contributed by atoms with van der Waals surface area (Å²) < 4.78 is 1.78. The van der Waals surface area contributed by atoms with E-state index in [0.29, 0.717) is 24.9 Å². The molecule has 0 aliphatic carbocycles. The number of aromatic nitrogens is 2. The van der Waals surface area contributed by atoms with Gasteiger partial charge in [-0.1, -0.05) is 6.92 Å². The second kappa shape index (κ2) is 9.21. The van der Waals surface area contributed by atoms with Gasteiger partial charge in [-0.3, -0.25) is 9.48 Å². The molecule has 2 rings (SSSR count). The van der Waals surface area contributed by atoms with E-state index in [-0.39, 0.29) is 36.8 Å². The standard InChI is InChI=1S/C13H22N4O.2ClH/c1-10-4-7-14-11(2)13(10)16-12(18)5-9-17-8-3-6-15-17;;/h3,6,8,10-11,13-14H,4-5,7,9H2,1-2H3,(H,16,18);2*1H.